The number of fused-ring (bicyclic) bond motifs is 1. The van der Waals surface area contributed by atoms with Crippen LogP contribution in [0.25, 0.3) is 22.2 Å². The molecule has 11 heteroatoms. The first-order chi connectivity index (χ1) is 25.0. The predicted octanol–water partition coefficient (Wildman–Crippen LogP) is 7.51. The standard InChI is InChI=1S/C41H52N6O5/c1-41(2,3)47(40(50)51)34(25-28-12-14-29(15-13-28)30-16-18-32(19-17-30)42-39(49)43-33-20-21-33)26-37(48)45-22-7-9-31(27-45)38-44-35-10-5-6-11-36(35)46(38)23-8-24-52-4/h5-6,10-19,31,33-34H,7-9,20-27H2,1-4H3,(H,50,51)(H2,42,43,49)/t31-,34-/m1/s1. The largest absolute Gasteiger partial charge is 0.465 e. The van der Waals surface area contributed by atoms with Crippen molar-refractivity contribution in [2.45, 2.75) is 95.8 Å². The van der Waals surface area contributed by atoms with E-state index in [2.05, 4.69) is 21.3 Å². The average Bonchev–Trinajstić information content (AvgIpc) is 3.85. The highest BCUT2D eigenvalue weighted by Crippen LogP contribution is 2.32. The fraction of sp³-hybridized carbons (Fsp3) is 0.463. The van der Waals surface area contributed by atoms with Gasteiger partial charge in [-0.25, -0.2) is 14.6 Å². The molecule has 0 unspecified atom stereocenters. The number of carbonyl (C=O) groups is 3. The summed E-state index contributed by atoms with van der Waals surface area (Å²) in [6, 6.07) is 23.5. The van der Waals surface area contributed by atoms with Gasteiger partial charge in [0, 0.05) is 69.0 Å². The quantitative estimate of drug-likeness (QED) is 0.123. The van der Waals surface area contributed by atoms with Crippen molar-refractivity contribution >= 4 is 34.8 Å². The molecule has 11 nitrogen and oxygen atoms in total. The third-order valence-corrected chi connectivity index (χ3v) is 10.1. The van der Waals surface area contributed by atoms with Crippen molar-refractivity contribution in [3.63, 3.8) is 0 Å². The van der Waals surface area contributed by atoms with E-state index >= 15 is 0 Å². The van der Waals surface area contributed by atoms with Crippen LogP contribution in [0.5, 0.6) is 0 Å². The van der Waals surface area contributed by atoms with Gasteiger partial charge < -0.3 is 29.9 Å². The van der Waals surface area contributed by atoms with Gasteiger partial charge in [0.25, 0.3) is 0 Å². The topological polar surface area (TPSA) is 129 Å². The number of aryl methyl sites for hydroxylation is 1. The molecule has 1 saturated carbocycles. The second-order valence-electron chi connectivity index (χ2n) is 15.2. The van der Waals surface area contributed by atoms with Crippen LogP contribution in [0.15, 0.2) is 72.8 Å². The van der Waals surface area contributed by atoms with E-state index in [4.69, 9.17) is 9.72 Å². The number of likely N-dealkylation sites (tertiary alicyclic amines) is 1. The minimum absolute atomic E-state index is 0.0385. The number of rotatable bonds is 13. The van der Waals surface area contributed by atoms with Gasteiger partial charge in [-0.15, -0.1) is 0 Å². The molecule has 0 spiro atoms. The van der Waals surface area contributed by atoms with Gasteiger partial charge >= 0.3 is 12.1 Å². The van der Waals surface area contributed by atoms with Crippen LogP contribution in [0.2, 0.25) is 0 Å². The highest BCUT2D eigenvalue weighted by atomic mass is 16.5. The Morgan fingerprint density at radius 3 is 2.33 bits per heavy atom. The summed E-state index contributed by atoms with van der Waals surface area (Å²) in [4.78, 5) is 47.4. The van der Waals surface area contributed by atoms with Gasteiger partial charge in [-0.1, -0.05) is 48.5 Å². The lowest BCUT2D eigenvalue weighted by Gasteiger charge is -2.41. The summed E-state index contributed by atoms with van der Waals surface area (Å²) in [7, 11) is 1.71. The minimum Gasteiger partial charge on any atom is -0.465 e. The summed E-state index contributed by atoms with van der Waals surface area (Å²) in [6.07, 6.45) is 4.18. The number of imidazole rings is 1. The van der Waals surface area contributed by atoms with E-state index in [0.29, 0.717) is 26.1 Å². The second-order valence-corrected chi connectivity index (χ2v) is 15.2. The Bertz CT molecular complexity index is 1840. The first-order valence-electron chi connectivity index (χ1n) is 18.5. The molecule has 6 rings (SSSR count). The Kier molecular flexibility index (Phi) is 11.5. The molecule has 3 N–H and O–H groups in total. The monoisotopic (exact) mass is 708 g/mol. The molecule has 52 heavy (non-hydrogen) atoms. The molecular formula is C41H52N6O5. The number of carbonyl (C=O) groups excluding carboxylic acids is 2. The molecule has 1 aliphatic carbocycles. The van der Waals surface area contributed by atoms with E-state index < -0.39 is 17.7 Å². The molecule has 4 aromatic rings. The second kappa shape index (κ2) is 16.2. The number of carboxylic acid groups (broad SMARTS) is 1. The normalized spacial score (nSPS) is 16.8. The predicted molar refractivity (Wildman–Crippen MR) is 204 cm³/mol. The molecule has 276 valence electrons. The Morgan fingerprint density at radius 2 is 1.67 bits per heavy atom. The minimum atomic E-state index is -1.04. The van der Waals surface area contributed by atoms with E-state index in [-0.39, 0.29) is 30.3 Å². The van der Waals surface area contributed by atoms with Crippen molar-refractivity contribution < 1.29 is 24.2 Å². The third kappa shape index (κ3) is 9.11. The van der Waals surface area contributed by atoms with Gasteiger partial charge in [-0.05, 0) is 100 Å². The number of hydrogen-bond acceptors (Lipinski definition) is 5. The van der Waals surface area contributed by atoms with Gasteiger partial charge in [0.05, 0.1) is 11.0 Å². The number of hydrogen-bond donors (Lipinski definition) is 3. The van der Waals surface area contributed by atoms with Crippen LogP contribution in [0, 0.1) is 0 Å². The average molecular weight is 709 g/mol. The van der Waals surface area contributed by atoms with Crippen molar-refractivity contribution in [3.05, 3.63) is 84.2 Å². The maximum atomic E-state index is 14.1. The molecule has 3 aromatic carbocycles. The smallest absolute Gasteiger partial charge is 0.408 e. The van der Waals surface area contributed by atoms with Crippen LogP contribution in [-0.4, -0.2) is 86.9 Å². The van der Waals surface area contributed by atoms with Crippen LogP contribution < -0.4 is 10.6 Å². The van der Waals surface area contributed by atoms with Crippen LogP contribution in [0.1, 0.15) is 76.6 Å². The molecule has 0 bridgehead atoms. The van der Waals surface area contributed by atoms with Crippen LogP contribution in [0.3, 0.4) is 0 Å². The molecule has 2 aliphatic rings. The highest BCUT2D eigenvalue weighted by Gasteiger charge is 2.37. The Labute approximate surface area is 306 Å². The lowest BCUT2D eigenvalue weighted by atomic mass is 9.93. The lowest BCUT2D eigenvalue weighted by Crippen LogP contribution is -2.54. The number of urea groups is 1. The van der Waals surface area contributed by atoms with E-state index in [1.54, 1.807) is 7.11 Å². The maximum Gasteiger partial charge on any atom is 0.408 e. The van der Waals surface area contributed by atoms with E-state index in [0.717, 1.165) is 77.9 Å². The summed E-state index contributed by atoms with van der Waals surface area (Å²) in [5.74, 6) is 1.04. The number of ether oxygens (including phenoxy) is 1. The lowest BCUT2D eigenvalue weighted by molar-refractivity contribution is -0.134. The number of benzene rings is 3. The first-order valence-corrected chi connectivity index (χ1v) is 18.5. The van der Waals surface area contributed by atoms with E-state index in [1.165, 1.54) is 4.90 Å². The molecule has 1 saturated heterocycles. The summed E-state index contributed by atoms with van der Waals surface area (Å²) < 4.78 is 7.61. The van der Waals surface area contributed by atoms with Crippen molar-refractivity contribution in [2.75, 3.05) is 32.1 Å². The summed E-state index contributed by atoms with van der Waals surface area (Å²) in [6.45, 7) is 8.27. The van der Waals surface area contributed by atoms with Crippen LogP contribution in [0.4, 0.5) is 15.3 Å². The van der Waals surface area contributed by atoms with Crippen molar-refractivity contribution in [1.82, 2.24) is 24.7 Å². The zero-order chi connectivity index (χ0) is 36.8. The van der Waals surface area contributed by atoms with Gasteiger partial charge in [-0.2, -0.15) is 0 Å². The molecule has 4 amide bonds. The Balaban J connectivity index is 1.16. The number of nitrogens with zero attached hydrogens (tertiary/aromatic N) is 4. The number of piperidine rings is 1. The van der Waals surface area contributed by atoms with Crippen LogP contribution in [-0.2, 0) is 22.5 Å². The zero-order valence-corrected chi connectivity index (χ0v) is 30.8. The number of para-hydroxylation sites is 2. The first kappa shape index (κ1) is 36.9. The SMILES string of the molecule is COCCCn1c([C@@H]2CCCN(C(=O)C[C@@H](Cc3ccc(-c4ccc(NC(=O)NC5CC5)cc4)cc3)N(C(=O)O)C(C)(C)C)C2)nc2ccccc21. The zero-order valence-electron chi connectivity index (χ0n) is 30.8. The number of methoxy groups -OCH3 is 1. The summed E-state index contributed by atoms with van der Waals surface area (Å²) >= 11 is 0. The van der Waals surface area contributed by atoms with Gasteiger partial charge in [-0.3, -0.25) is 9.69 Å². The van der Waals surface area contributed by atoms with Crippen molar-refractivity contribution in [3.8, 4) is 11.1 Å². The Hall–Kier alpha value is -4.90. The van der Waals surface area contributed by atoms with Gasteiger partial charge in [0.2, 0.25) is 5.91 Å². The van der Waals surface area contributed by atoms with Crippen LogP contribution >= 0.6 is 0 Å². The molecule has 0 radical (unpaired) electrons. The maximum absolute atomic E-state index is 14.1. The van der Waals surface area contributed by atoms with Crippen molar-refractivity contribution in [2.24, 2.45) is 0 Å². The van der Waals surface area contributed by atoms with Gasteiger partial charge in [0.15, 0.2) is 0 Å². The molecule has 2 heterocycles. The summed E-state index contributed by atoms with van der Waals surface area (Å²) in [5.41, 5.74) is 5.02. The Morgan fingerprint density at radius 1 is 0.981 bits per heavy atom. The fourth-order valence-electron chi connectivity index (χ4n) is 7.43. The van der Waals surface area contributed by atoms with E-state index in [1.807, 2.05) is 92.4 Å². The van der Waals surface area contributed by atoms with E-state index in [9.17, 15) is 19.5 Å². The molecule has 1 aliphatic heterocycles. The number of amides is 4. The molecule has 1 aromatic heterocycles. The number of anilines is 1. The number of nitrogens with one attached hydrogen (secondary N) is 2. The molecule has 2 fully saturated rings. The highest BCUT2D eigenvalue weighted by molar-refractivity contribution is 5.90. The summed E-state index contributed by atoms with van der Waals surface area (Å²) in [5, 5.41) is 16.2. The molecular weight excluding hydrogens is 656 g/mol. The fourth-order valence-corrected chi connectivity index (χ4v) is 7.43. The molecule has 2 atom stereocenters. The number of aromatic nitrogens is 2. The van der Waals surface area contributed by atoms with Gasteiger partial charge in [0.1, 0.15) is 5.82 Å². The van der Waals surface area contributed by atoms with Crippen molar-refractivity contribution in [1.29, 1.82) is 0 Å². The third-order valence-electron chi connectivity index (χ3n) is 10.1.